The Morgan fingerprint density at radius 1 is 1.32 bits per heavy atom. The maximum Gasteiger partial charge on any atom is 0.120 e. The predicted molar refractivity (Wildman–Crippen MR) is 77.4 cm³/mol. The van der Waals surface area contributed by atoms with Crippen LogP contribution in [0.25, 0.3) is 0 Å². The van der Waals surface area contributed by atoms with E-state index in [0.29, 0.717) is 6.04 Å². The summed E-state index contributed by atoms with van der Waals surface area (Å²) in [6.45, 7) is 4.31. The molecular formula is C16H25NO2. The molecule has 0 spiro atoms. The van der Waals surface area contributed by atoms with Crippen molar-refractivity contribution in [1.29, 1.82) is 0 Å². The van der Waals surface area contributed by atoms with E-state index in [0.717, 1.165) is 11.5 Å². The second-order valence-corrected chi connectivity index (χ2v) is 5.77. The average molecular weight is 263 g/mol. The molecule has 0 saturated heterocycles. The summed E-state index contributed by atoms with van der Waals surface area (Å²) in [5, 5.41) is 23.0. The largest absolute Gasteiger partial charge is 0.508 e. The summed E-state index contributed by atoms with van der Waals surface area (Å²) in [6, 6.07) is 5.30. The van der Waals surface area contributed by atoms with Crippen molar-refractivity contribution in [2.24, 2.45) is 5.92 Å². The first-order chi connectivity index (χ1) is 9.10. The van der Waals surface area contributed by atoms with Crippen LogP contribution >= 0.6 is 0 Å². The van der Waals surface area contributed by atoms with Crippen LogP contribution in [0.3, 0.4) is 0 Å². The van der Waals surface area contributed by atoms with Crippen LogP contribution in [0, 0.1) is 5.92 Å². The Labute approximate surface area is 115 Å². The summed E-state index contributed by atoms with van der Waals surface area (Å²) in [7, 11) is 0. The van der Waals surface area contributed by atoms with Crippen molar-refractivity contribution in [3.05, 3.63) is 23.8 Å². The SMILES string of the molecule is CCC1CCCC(NC(C)c2cc(O)ccc2O)C1. The molecule has 1 fully saturated rings. The van der Waals surface area contributed by atoms with Crippen molar-refractivity contribution in [2.45, 2.75) is 58.0 Å². The number of phenols is 2. The van der Waals surface area contributed by atoms with Gasteiger partial charge in [-0.15, -0.1) is 0 Å². The molecule has 3 atom stereocenters. The first-order valence-corrected chi connectivity index (χ1v) is 7.38. The quantitative estimate of drug-likeness (QED) is 0.726. The molecule has 0 heterocycles. The number of nitrogens with one attached hydrogen (secondary N) is 1. The van der Waals surface area contributed by atoms with E-state index in [1.54, 1.807) is 12.1 Å². The number of aromatic hydroxyl groups is 2. The monoisotopic (exact) mass is 263 g/mol. The van der Waals surface area contributed by atoms with E-state index < -0.39 is 0 Å². The van der Waals surface area contributed by atoms with Crippen LogP contribution in [0.4, 0.5) is 0 Å². The van der Waals surface area contributed by atoms with Crippen molar-refractivity contribution in [1.82, 2.24) is 5.32 Å². The molecule has 0 aromatic heterocycles. The molecule has 0 amide bonds. The average Bonchev–Trinajstić information content (AvgIpc) is 2.41. The summed E-state index contributed by atoms with van der Waals surface area (Å²) < 4.78 is 0. The van der Waals surface area contributed by atoms with Gasteiger partial charge in [0.1, 0.15) is 11.5 Å². The number of phenolic OH excluding ortho intramolecular Hbond substituents is 2. The molecule has 3 N–H and O–H groups in total. The summed E-state index contributed by atoms with van der Waals surface area (Å²) >= 11 is 0. The van der Waals surface area contributed by atoms with Gasteiger partial charge in [0.25, 0.3) is 0 Å². The highest BCUT2D eigenvalue weighted by Crippen LogP contribution is 2.31. The van der Waals surface area contributed by atoms with Gasteiger partial charge in [0, 0.05) is 17.6 Å². The van der Waals surface area contributed by atoms with E-state index in [1.165, 1.54) is 38.2 Å². The smallest absolute Gasteiger partial charge is 0.120 e. The molecule has 1 aromatic carbocycles. The van der Waals surface area contributed by atoms with E-state index in [-0.39, 0.29) is 17.5 Å². The lowest BCUT2D eigenvalue weighted by Crippen LogP contribution is -2.35. The Kier molecular flexibility index (Phi) is 4.70. The molecule has 3 unspecified atom stereocenters. The van der Waals surface area contributed by atoms with Gasteiger partial charge in [-0.1, -0.05) is 26.2 Å². The molecule has 1 aliphatic rings. The molecule has 3 nitrogen and oxygen atoms in total. The van der Waals surface area contributed by atoms with Gasteiger partial charge in [0.2, 0.25) is 0 Å². The summed E-state index contributed by atoms with van der Waals surface area (Å²) in [5.74, 6) is 1.29. The minimum atomic E-state index is 0.0627. The lowest BCUT2D eigenvalue weighted by atomic mass is 9.84. The first kappa shape index (κ1) is 14.2. The van der Waals surface area contributed by atoms with Crippen molar-refractivity contribution in [3.8, 4) is 11.5 Å². The Balaban J connectivity index is 2.00. The van der Waals surface area contributed by atoms with E-state index in [4.69, 9.17) is 0 Å². The molecule has 1 saturated carbocycles. The van der Waals surface area contributed by atoms with Crippen molar-refractivity contribution < 1.29 is 10.2 Å². The number of hydrogen-bond donors (Lipinski definition) is 3. The highest BCUT2D eigenvalue weighted by molar-refractivity contribution is 5.40. The Hall–Kier alpha value is -1.22. The normalized spacial score (nSPS) is 25.2. The fraction of sp³-hybridized carbons (Fsp3) is 0.625. The van der Waals surface area contributed by atoms with Gasteiger partial charge >= 0.3 is 0 Å². The fourth-order valence-corrected chi connectivity index (χ4v) is 3.15. The van der Waals surface area contributed by atoms with Crippen molar-refractivity contribution >= 4 is 0 Å². The fourth-order valence-electron chi connectivity index (χ4n) is 3.15. The number of hydrogen-bond acceptors (Lipinski definition) is 3. The van der Waals surface area contributed by atoms with E-state index in [1.807, 2.05) is 6.92 Å². The maximum atomic E-state index is 9.88. The first-order valence-electron chi connectivity index (χ1n) is 7.38. The molecule has 2 rings (SSSR count). The zero-order valence-electron chi connectivity index (χ0n) is 11.9. The van der Waals surface area contributed by atoms with E-state index >= 15 is 0 Å². The minimum absolute atomic E-state index is 0.0627. The Bertz CT molecular complexity index is 419. The van der Waals surface area contributed by atoms with Gasteiger partial charge in [-0.3, -0.25) is 0 Å². The molecular weight excluding hydrogens is 238 g/mol. The van der Waals surface area contributed by atoms with Crippen molar-refractivity contribution in [3.63, 3.8) is 0 Å². The standard InChI is InChI=1S/C16H25NO2/c1-3-12-5-4-6-13(9-12)17-11(2)15-10-14(18)7-8-16(15)19/h7-8,10-13,17-19H,3-6,9H2,1-2H3. The Morgan fingerprint density at radius 2 is 2.11 bits per heavy atom. The van der Waals surface area contributed by atoms with Crippen LogP contribution in [-0.4, -0.2) is 16.3 Å². The molecule has 1 aromatic rings. The van der Waals surface area contributed by atoms with Crippen molar-refractivity contribution in [2.75, 3.05) is 0 Å². The van der Waals surface area contributed by atoms with Crippen LogP contribution in [-0.2, 0) is 0 Å². The van der Waals surface area contributed by atoms with E-state index in [9.17, 15) is 10.2 Å². The number of benzene rings is 1. The van der Waals surface area contributed by atoms with Crippen LogP contribution < -0.4 is 5.32 Å². The molecule has 1 aliphatic carbocycles. The minimum Gasteiger partial charge on any atom is -0.508 e. The highest BCUT2D eigenvalue weighted by Gasteiger charge is 2.23. The lowest BCUT2D eigenvalue weighted by Gasteiger charge is -2.31. The van der Waals surface area contributed by atoms with Crippen LogP contribution in [0.15, 0.2) is 18.2 Å². The maximum absolute atomic E-state index is 9.88. The Morgan fingerprint density at radius 3 is 2.84 bits per heavy atom. The van der Waals surface area contributed by atoms with Gasteiger partial charge in [-0.05, 0) is 43.9 Å². The third-order valence-corrected chi connectivity index (χ3v) is 4.32. The third kappa shape index (κ3) is 3.63. The van der Waals surface area contributed by atoms with Gasteiger partial charge in [0.05, 0.1) is 0 Å². The molecule has 0 bridgehead atoms. The van der Waals surface area contributed by atoms with Gasteiger partial charge in [0.15, 0.2) is 0 Å². The zero-order chi connectivity index (χ0) is 13.8. The van der Waals surface area contributed by atoms with Gasteiger partial charge < -0.3 is 15.5 Å². The molecule has 0 aliphatic heterocycles. The summed E-state index contributed by atoms with van der Waals surface area (Å²) in [4.78, 5) is 0. The molecule has 19 heavy (non-hydrogen) atoms. The van der Waals surface area contributed by atoms with Gasteiger partial charge in [-0.2, -0.15) is 0 Å². The lowest BCUT2D eigenvalue weighted by molar-refractivity contribution is 0.264. The molecule has 106 valence electrons. The second-order valence-electron chi connectivity index (χ2n) is 5.77. The second kappa shape index (κ2) is 6.29. The summed E-state index contributed by atoms with van der Waals surface area (Å²) in [6.07, 6.45) is 6.32. The van der Waals surface area contributed by atoms with Crippen LogP contribution in [0.2, 0.25) is 0 Å². The van der Waals surface area contributed by atoms with Gasteiger partial charge in [-0.25, -0.2) is 0 Å². The van der Waals surface area contributed by atoms with Crippen LogP contribution in [0.1, 0.15) is 57.6 Å². The van der Waals surface area contributed by atoms with E-state index in [2.05, 4.69) is 12.2 Å². The number of rotatable bonds is 4. The summed E-state index contributed by atoms with van der Waals surface area (Å²) in [5.41, 5.74) is 0.777. The molecule has 3 heteroatoms. The van der Waals surface area contributed by atoms with Crippen LogP contribution in [0.5, 0.6) is 11.5 Å². The predicted octanol–water partition coefficient (Wildman–Crippen LogP) is 3.72. The topological polar surface area (TPSA) is 52.5 Å². The third-order valence-electron chi connectivity index (χ3n) is 4.32. The highest BCUT2D eigenvalue weighted by atomic mass is 16.3. The molecule has 0 radical (unpaired) electrons. The zero-order valence-corrected chi connectivity index (χ0v) is 11.9.